The molecule has 0 aromatic rings. The normalized spacial score (nSPS) is 11.5. The standard InChI is InChI=1S/C4H5BrO2S/c1-8-2-3(5)4(6)7/h2H,1H3,(H,6,7)/b3-2-. The zero-order valence-electron chi connectivity index (χ0n) is 4.22. The molecule has 0 aromatic carbocycles. The van der Waals surface area contributed by atoms with Gasteiger partial charge in [-0.05, 0) is 27.6 Å². The molecule has 0 fully saturated rings. The van der Waals surface area contributed by atoms with Crippen LogP contribution in [0, 0.1) is 0 Å². The van der Waals surface area contributed by atoms with Crippen LogP contribution in [-0.4, -0.2) is 17.3 Å². The maximum absolute atomic E-state index is 9.96. The van der Waals surface area contributed by atoms with Gasteiger partial charge < -0.3 is 5.11 Å². The van der Waals surface area contributed by atoms with Gasteiger partial charge in [-0.1, -0.05) is 0 Å². The Morgan fingerprint density at radius 2 is 2.38 bits per heavy atom. The zero-order valence-corrected chi connectivity index (χ0v) is 6.62. The largest absolute Gasteiger partial charge is 0.477 e. The summed E-state index contributed by atoms with van der Waals surface area (Å²) in [5, 5.41) is 9.70. The molecule has 0 aliphatic heterocycles. The SMILES string of the molecule is CS/C=C(\Br)C(=O)O. The second-order valence-corrected chi connectivity index (χ2v) is 2.57. The van der Waals surface area contributed by atoms with Crippen LogP contribution in [0.4, 0.5) is 0 Å². The molecule has 0 rings (SSSR count). The Balaban J connectivity index is 3.80. The molecule has 0 saturated heterocycles. The van der Waals surface area contributed by atoms with E-state index in [2.05, 4.69) is 15.9 Å². The van der Waals surface area contributed by atoms with Crippen molar-refractivity contribution in [2.45, 2.75) is 0 Å². The number of hydrogen-bond acceptors (Lipinski definition) is 2. The Kier molecular flexibility index (Phi) is 3.99. The van der Waals surface area contributed by atoms with E-state index >= 15 is 0 Å². The first-order valence-electron chi connectivity index (χ1n) is 1.80. The second kappa shape index (κ2) is 3.97. The molecular weight excluding hydrogens is 192 g/mol. The highest BCUT2D eigenvalue weighted by Crippen LogP contribution is 2.09. The van der Waals surface area contributed by atoms with Gasteiger partial charge in [0.1, 0.15) is 4.48 Å². The topological polar surface area (TPSA) is 37.3 Å². The highest BCUT2D eigenvalue weighted by Gasteiger charge is 1.98. The first-order chi connectivity index (χ1) is 3.68. The van der Waals surface area contributed by atoms with Gasteiger partial charge in [0, 0.05) is 0 Å². The first-order valence-corrected chi connectivity index (χ1v) is 3.88. The molecule has 0 bridgehead atoms. The quantitative estimate of drug-likeness (QED) is 0.684. The lowest BCUT2D eigenvalue weighted by Gasteiger charge is -1.84. The van der Waals surface area contributed by atoms with Gasteiger partial charge in [0.25, 0.3) is 0 Å². The third kappa shape index (κ3) is 3.10. The molecule has 0 aromatic heterocycles. The van der Waals surface area contributed by atoms with E-state index in [0.717, 1.165) is 0 Å². The van der Waals surface area contributed by atoms with Gasteiger partial charge in [-0.25, -0.2) is 4.79 Å². The lowest BCUT2D eigenvalue weighted by Crippen LogP contribution is -1.91. The molecule has 0 atom stereocenters. The number of carbonyl (C=O) groups is 1. The molecule has 0 saturated carbocycles. The van der Waals surface area contributed by atoms with Crippen molar-refractivity contribution in [2.24, 2.45) is 0 Å². The predicted octanol–water partition coefficient (Wildman–Crippen LogP) is 1.67. The third-order valence-corrected chi connectivity index (χ3v) is 1.77. The van der Waals surface area contributed by atoms with E-state index in [-0.39, 0.29) is 4.48 Å². The fraction of sp³-hybridized carbons (Fsp3) is 0.250. The van der Waals surface area contributed by atoms with Gasteiger partial charge in [-0.3, -0.25) is 0 Å². The summed E-state index contributed by atoms with van der Waals surface area (Å²) in [6.07, 6.45) is 1.80. The Morgan fingerprint density at radius 1 is 1.88 bits per heavy atom. The van der Waals surface area contributed by atoms with E-state index in [1.807, 2.05) is 0 Å². The fourth-order valence-electron chi connectivity index (χ4n) is 0.154. The van der Waals surface area contributed by atoms with Crippen LogP contribution in [0.5, 0.6) is 0 Å². The van der Waals surface area contributed by atoms with Crippen molar-refractivity contribution in [3.8, 4) is 0 Å². The van der Waals surface area contributed by atoms with Gasteiger partial charge in [0.05, 0.1) is 0 Å². The van der Waals surface area contributed by atoms with E-state index in [0.29, 0.717) is 0 Å². The summed E-state index contributed by atoms with van der Waals surface area (Å²) in [6.45, 7) is 0. The Labute approximate surface area is 60.1 Å². The summed E-state index contributed by atoms with van der Waals surface area (Å²) >= 11 is 4.19. The minimum Gasteiger partial charge on any atom is -0.477 e. The number of rotatable bonds is 2. The smallest absolute Gasteiger partial charge is 0.343 e. The van der Waals surface area contributed by atoms with E-state index in [9.17, 15) is 4.79 Å². The Morgan fingerprint density at radius 3 is 2.50 bits per heavy atom. The maximum Gasteiger partial charge on any atom is 0.343 e. The molecule has 0 heterocycles. The number of carboxylic acids is 1. The summed E-state index contributed by atoms with van der Waals surface area (Å²) in [4.78, 5) is 9.96. The molecule has 8 heavy (non-hydrogen) atoms. The van der Waals surface area contributed by atoms with Crippen molar-refractivity contribution in [3.63, 3.8) is 0 Å². The van der Waals surface area contributed by atoms with Crippen LogP contribution in [0.25, 0.3) is 0 Å². The number of aliphatic carboxylic acids is 1. The van der Waals surface area contributed by atoms with Gasteiger partial charge in [-0.15, -0.1) is 11.8 Å². The summed E-state index contributed by atoms with van der Waals surface area (Å²) in [5.41, 5.74) is 0. The molecule has 0 aliphatic rings. The van der Waals surface area contributed by atoms with Crippen molar-refractivity contribution < 1.29 is 9.90 Å². The summed E-state index contributed by atoms with van der Waals surface area (Å²) in [7, 11) is 0. The van der Waals surface area contributed by atoms with Gasteiger partial charge in [-0.2, -0.15) is 0 Å². The summed E-state index contributed by atoms with van der Waals surface area (Å²) < 4.78 is 0.199. The van der Waals surface area contributed by atoms with E-state index in [1.165, 1.54) is 17.2 Å². The monoisotopic (exact) mass is 196 g/mol. The van der Waals surface area contributed by atoms with E-state index < -0.39 is 5.97 Å². The van der Waals surface area contributed by atoms with Crippen LogP contribution >= 0.6 is 27.7 Å². The highest BCUT2D eigenvalue weighted by atomic mass is 79.9. The average Bonchev–Trinajstić information content (AvgIpc) is 1.67. The van der Waals surface area contributed by atoms with Gasteiger partial charge >= 0.3 is 5.97 Å². The van der Waals surface area contributed by atoms with Crippen molar-refractivity contribution in [2.75, 3.05) is 6.26 Å². The molecular formula is C4H5BrO2S. The molecule has 0 amide bonds. The lowest BCUT2D eigenvalue weighted by atomic mass is 10.7. The van der Waals surface area contributed by atoms with Crippen LogP contribution in [0.15, 0.2) is 9.89 Å². The molecule has 1 N–H and O–H groups in total. The minimum atomic E-state index is -0.931. The fourth-order valence-corrected chi connectivity index (χ4v) is 1.02. The third-order valence-electron chi connectivity index (χ3n) is 0.426. The van der Waals surface area contributed by atoms with Crippen LogP contribution in [0.3, 0.4) is 0 Å². The maximum atomic E-state index is 9.96. The number of hydrogen-bond donors (Lipinski definition) is 1. The molecule has 46 valence electrons. The second-order valence-electron chi connectivity index (χ2n) is 1.01. The van der Waals surface area contributed by atoms with Crippen molar-refractivity contribution in [1.82, 2.24) is 0 Å². The number of halogens is 1. The number of carboxylic acid groups (broad SMARTS) is 1. The number of thioether (sulfide) groups is 1. The Hall–Kier alpha value is 0.0400. The van der Waals surface area contributed by atoms with E-state index in [1.54, 1.807) is 6.26 Å². The van der Waals surface area contributed by atoms with Crippen molar-refractivity contribution in [3.05, 3.63) is 9.89 Å². The van der Waals surface area contributed by atoms with Gasteiger partial charge in [0.2, 0.25) is 0 Å². The molecule has 2 nitrogen and oxygen atoms in total. The van der Waals surface area contributed by atoms with E-state index in [4.69, 9.17) is 5.11 Å². The molecule has 0 unspecified atom stereocenters. The minimum absolute atomic E-state index is 0.199. The van der Waals surface area contributed by atoms with Crippen LogP contribution < -0.4 is 0 Å². The Bertz CT molecular complexity index is 121. The predicted molar refractivity (Wildman–Crippen MR) is 38.2 cm³/mol. The lowest BCUT2D eigenvalue weighted by molar-refractivity contribution is -0.131. The van der Waals surface area contributed by atoms with Gasteiger partial charge in [0.15, 0.2) is 0 Å². The summed E-state index contributed by atoms with van der Waals surface area (Å²) in [6, 6.07) is 0. The molecule has 4 heteroatoms. The molecule has 0 aliphatic carbocycles. The van der Waals surface area contributed by atoms with Crippen molar-refractivity contribution in [1.29, 1.82) is 0 Å². The van der Waals surface area contributed by atoms with Crippen LogP contribution in [0.2, 0.25) is 0 Å². The highest BCUT2D eigenvalue weighted by molar-refractivity contribution is 9.12. The summed E-state index contributed by atoms with van der Waals surface area (Å²) in [5.74, 6) is -0.931. The van der Waals surface area contributed by atoms with Crippen molar-refractivity contribution >= 4 is 33.7 Å². The molecule has 0 radical (unpaired) electrons. The zero-order chi connectivity index (χ0) is 6.57. The van der Waals surface area contributed by atoms with Crippen LogP contribution in [-0.2, 0) is 4.79 Å². The average molecular weight is 197 g/mol. The van der Waals surface area contributed by atoms with Crippen LogP contribution in [0.1, 0.15) is 0 Å². The molecule has 0 spiro atoms. The first kappa shape index (κ1) is 8.04.